The standard InChI is InChI=1S/C28H27N3O3/c1-18(32)30-26(15-19-9-3-2-4-10-19)28(34)31-25(27(29)33)17-24-22-13-7-5-11-20(22)16-21-12-6-8-14-23(21)24/h2-14,16,25-26H,15,17H2,1H3,(H2,29,33)(H,30,32)(H,31,34)/t25-,26+/m0/s1. The van der Waals surface area contributed by atoms with Gasteiger partial charge in [0.1, 0.15) is 12.1 Å². The average molecular weight is 454 g/mol. The lowest BCUT2D eigenvalue weighted by molar-refractivity contribution is -0.130. The molecule has 172 valence electrons. The lowest BCUT2D eigenvalue weighted by atomic mass is 9.92. The van der Waals surface area contributed by atoms with Crippen molar-refractivity contribution in [2.45, 2.75) is 31.8 Å². The Labute approximate surface area is 198 Å². The first-order chi connectivity index (χ1) is 16.4. The van der Waals surface area contributed by atoms with Crippen LogP contribution in [0.25, 0.3) is 21.5 Å². The summed E-state index contributed by atoms with van der Waals surface area (Å²) in [6.07, 6.45) is 0.538. The highest BCUT2D eigenvalue weighted by atomic mass is 16.2. The van der Waals surface area contributed by atoms with Gasteiger partial charge in [-0.3, -0.25) is 14.4 Å². The summed E-state index contributed by atoms with van der Waals surface area (Å²) >= 11 is 0. The van der Waals surface area contributed by atoms with Gasteiger partial charge in [0.15, 0.2) is 0 Å². The van der Waals surface area contributed by atoms with Gasteiger partial charge < -0.3 is 16.4 Å². The van der Waals surface area contributed by atoms with E-state index in [1.165, 1.54) is 6.92 Å². The zero-order valence-corrected chi connectivity index (χ0v) is 19.0. The van der Waals surface area contributed by atoms with Gasteiger partial charge >= 0.3 is 0 Å². The second-order valence-corrected chi connectivity index (χ2v) is 8.41. The summed E-state index contributed by atoms with van der Waals surface area (Å²) in [5, 5.41) is 9.59. The van der Waals surface area contributed by atoms with Gasteiger partial charge in [0, 0.05) is 19.8 Å². The van der Waals surface area contributed by atoms with E-state index in [1.807, 2.05) is 78.9 Å². The average Bonchev–Trinajstić information content (AvgIpc) is 2.83. The molecule has 0 fully saturated rings. The third-order valence-corrected chi connectivity index (χ3v) is 5.93. The number of primary amides is 1. The molecule has 34 heavy (non-hydrogen) atoms. The van der Waals surface area contributed by atoms with Gasteiger partial charge in [0.25, 0.3) is 0 Å². The molecule has 4 rings (SSSR count). The number of carbonyl (C=O) groups is 3. The molecule has 0 bridgehead atoms. The molecule has 6 heteroatoms. The van der Waals surface area contributed by atoms with Crippen LogP contribution in [0.5, 0.6) is 0 Å². The molecule has 0 aliphatic rings. The Morgan fingerprint density at radius 3 is 1.85 bits per heavy atom. The third-order valence-electron chi connectivity index (χ3n) is 5.93. The van der Waals surface area contributed by atoms with Crippen LogP contribution in [0.3, 0.4) is 0 Å². The molecule has 2 atom stereocenters. The van der Waals surface area contributed by atoms with Gasteiger partial charge in [-0.1, -0.05) is 78.9 Å². The van der Waals surface area contributed by atoms with Gasteiger partial charge in [-0.2, -0.15) is 0 Å². The first-order valence-corrected chi connectivity index (χ1v) is 11.2. The Bertz CT molecular complexity index is 1300. The molecule has 3 amide bonds. The van der Waals surface area contributed by atoms with Crippen LogP contribution in [0.15, 0.2) is 84.9 Å². The summed E-state index contributed by atoms with van der Waals surface area (Å²) in [7, 11) is 0. The number of rotatable bonds is 8. The first kappa shape index (κ1) is 23.0. The molecule has 0 aliphatic heterocycles. The van der Waals surface area contributed by atoms with Crippen LogP contribution in [-0.4, -0.2) is 29.8 Å². The van der Waals surface area contributed by atoms with E-state index in [-0.39, 0.29) is 12.3 Å². The smallest absolute Gasteiger partial charge is 0.243 e. The molecule has 0 saturated heterocycles. The van der Waals surface area contributed by atoms with Crippen molar-refractivity contribution in [1.82, 2.24) is 10.6 Å². The largest absolute Gasteiger partial charge is 0.368 e. The third kappa shape index (κ3) is 5.23. The monoisotopic (exact) mass is 453 g/mol. The number of hydrogen-bond acceptors (Lipinski definition) is 3. The zero-order chi connectivity index (χ0) is 24.1. The highest BCUT2D eigenvalue weighted by Gasteiger charge is 2.26. The fourth-order valence-electron chi connectivity index (χ4n) is 4.33. The quantitative estimate of drug-likeness (QED) is 0.357. The normalized spacial score (nSPS) is 12.7. The molecule has 0 aromatic heterocycles. The number of nitrogens with two attached hydrogens (primary N) is 1. The Hall–Kier alpha value is -4.19. The minimum Gasteiger partial charge on any atom is -0.368 e. The van der Waals surface area contributed by atoms with Gasteiger partial charge in [0.2, 0.25) is 17.7 Å². The van der Waals surface area contributed by atoms with Crippen LogP contribution >= 0.6 is 0 Å². The molecule has 0 aliphatic carbocycles. The van der Waals surface area contributed by atoms with Gasteiger partial charge in [-0.25, -0.2) is 0 Å². The number of amides is 3. The molecule has 0 spiro atoms. The van der Waals surface area contributed by atoms with E-state index in [0.29, 0.717) is 6.42 Å². The maximum atomic E-state index is 13.2. The van der Waals surface area contributed by atoms with Crippen LogP contribution in [-0.2, 0) is 27.2 Å². The first-order valence-electron chi connectivity index (χ1n) is 11.2. The predicted molar refractivity (Wildman–Crippen MR) is 134 cm³/mol. The molecule has 0 heterocycles. The minimum atomic E-state index is -0.936. The fourth-order valence-corrected chi connectivity index (χ4v) is 4.33. The number of nitrogens with one attached hydrogen (secondary N) is 2. The minimum absolute atomic E-state index is 0.237. The van der Waals surface area contributed by atoms with Crippen LogP contribution in [0.1, 0.15) is 18.1 Å². The van der Waals surface area contributed by atoms with Crippen molar-refractivity contribution >= 4 is 39.3 Å². The van der Waals surface area contributed by atoms with Crippen molar-refractivity contribution in [2.24, 2.45) is 5.73 Å². The highest BCUT2D eigenvalue weighted by Crippen LogP contribution is 2.29. The van der Waals surface area contributed by atoms with Crippen molar-refractivity contribution < 1.29 is 14.4 Å². The van der Waals surface area contributed by atoms with E-state index in [9.17, 15) is 14.4 Å². The summed E-state index contributed by atoms with van der Waals surface area (Å²) in [6.45, 7) is 1.36. The van der Waals surface area contributed by atoms with Crippen molar-refractivity contribution in [3.05, 3.63) is 96.1 Å². The number of fused-ring (bicyclic) bond motifs is 2. The second kappa shape index (κ2) is 10.2. The topological polar surface area (TPSA) is 101 Å². The molecule has 0 radical (unpaired) electrons. The molecule has 4 N–H and O–H groups in total. The number of benzene rings is 4. The molecular formula is C28H27N3O3. The van der Waals surface area contributed by atoms with Crippen molar-refractivity contribution in [3.8, 4) is 0 Å². The predicted octanol–water partition coefficient (Wildman–Crippen LogP) is 3.25. The molecule has 4 aromatic rings. The highest BCUT2D eigenvalue weighted by molar-refractivity contribution is 6.03. The van der Waals surface area contributed by atoms with E-state index in [1.54, 1.807) is 0 Å². The van der Waals surface area contributed by atoms with Crippen LogP contribution in [0.4, 0.5) is 0 Å². The van der Waals surface area contributed by atoms with Crippen molar-refractivity contribution in [2.75, 3.05) is 0 Å². The number of hydrogen-bond donors (Lipinski definition) is 3. The van der Waals surface area contributed by atoms with Crippen LogP contribution in [0.2, 0.25) is 0 Å². The van der Waals surface area contributed by atoms with E-state index < -0.39 is 23.9 Å². The zero-order valence-electron chi connectivity index (χ0n) is 19.0. The van der Waals surface area contributed by atoms with Gasteiger partial charge in [-0.15, -0.1) is 0 Å². The molecular weight excluding hydrogens is 426 g/mol. The number of carbonyl (C=O) groups excluding carboxylic acids is 3. The summed E-state index contributed by atoms with van der Waals surface area (Å²) in [4.78, 5) is 37.4. The lowest BCUT2D eigenvalue weighted by Crippen LogP contribution is -2.54. The van der Waals surface area contributed by atoms with E-state index in [4.69, 9.17) is 5.73 Å². The summed E-state index contributed by atoms with van der Waals surface area (Å²) < 4.78 is 0. The Morgan fingerprint density at radius 2 is 1.29 bits per heavy atom. The van der Waals surface area contributed by atoms with Crippen molar-refractivity contribution in [1.29, 1.82) is 0 Å². The van der Waals surface area contributed by atoms with E-state index in [0.717, 1.165) is 32.7 Å². The van der Waals surface area contributed by atoms with E-state index >= 15 is 0 Å². The fraction of sp³-hybridized carbons (Fsp3) is 0.179. The Balaban J connectivity index is 1.65. The molecule has 6 nitrogen and oxygen atoms in total. The van der Waals surface area contributed by atoms with Crippen LogP contribution in [0, 0.1) is 0 Å². The summed E-state index contributed by atoms with van der Waals surface area (Å²) in [5.74, 6) is -1.41. The lowest BCUT2D eigenvalue weighted by Gasteiger charge is -2.23. The molecule has 0 saturated carbocycles. The van der Waals surface area contributed by atoms with Crippen LogP contribution < -0.4 is 16.4 Å². The maximum Gasteiger partial charge on any atom is 0.243 e. The summed E-state index contributed by atoms with van der Waals surface area (Å²) in [6, 6.07) is 25.6. The van der Waals surface area contributed by atoms with Crippen molar-refractivity contribution in [3.63, 3.8) is 0 Å². The molecule has 0 unspecified atom stereocenters. The molecule has 4 aromatic carbocycles. The van der Waals surface area contributed by atoms with Gasteiger partial charge in [0.05, 0.1) is 0 Å². The Kier molecular flexibility index (Phi) is 6.87. The SMILES string of the molecule is CC(=O)N[C@H](Cc1ccccc1)C(=O)N[C@@H](Cc1c2ccccc2cc2ccccc12)C(N)=O. The second-order valence-electron chi connectivity index (χ2n) is 8.41. The Morgan fingerprint density at radius 1 is 0.735 bits per heavy atom. The van der Waals surface area contributed by atoms with E-state index in [2.05, 4.69) is 16.7 Å². The van der Waals surface area contributed by atoms with Gasteiger partial charge in [-0.05, 0) is 38.7 Å². The maximum absolute atomic E-state index is 13.2. The summed E-state index contributed by atoms with van der Waals surface area (Å²) in [5.41, 5.74) is 7.57.